The van der Waals surface area contributed by atoms with Gasteiger partial charge in [-0.05, 0) is 49.6 Å². The SMILES string of the molecule is C=c1[nH]c(=O)n(-c2cc(S(=O)(=O)N3CCCc4ccccc43)ccc2Cl)c(=O)/c1=C(/S)C(C)N=O. The van der Waals surface area contributed by atoms with Gasteiger partial charge in [0.2, 0.25) is 0 Å². The quantitative estimate of drug-likeness (QED) is 0.384. The van der Waals surface area contributed by atoms with Crippen LogP contribution in [0, 0.1) is 4.91 Å². The van der Waals surface area contributed by atoms with E-state index in [-0.39, 0.29) is 37.6 Å². The summed E-state index contributed by atoms with van der Waals surface area (Å²) in [6, 6.07) is 10.1. The number of sulfonamides is 1. The molecule has 0 amide bonds. The number of hydrogen-bond donors (Lipinski definition) is 2. The maximum absolute atomic E-state index is 13.6. The Kier molecular flexibility index (Phi) is 6.76. The van der Waals surface area contributed by atoms with Crippen LogP contribution in [-0.2, 0) is 16.4 Å². The van der Waals surface area contributed by atoms with Gasteiger partial charge in [0.15, 0.2) is 0 Å². The number of nitroso groups, excluding NO2 is 1. The highest BCUT2D eigenvalue weighted by Gasteiger charge is 2.30. The lowest BCUT2D eigenvalue weighted by molar-refractivity contribution is 0.586. The Morgan fingerprint density at radius 1 is 1.20 bits per heavy atom. The number of anilines is 1. The Hall–Kier alpha value is -3.15. The van der Waals surface area contributed by atoms with Gasteiger partial charge in [-0.25, -0.2) is 17.8 Å². The van der Waals surface area contributed by atoms with Gasteiger partial charge in [0.05, 0.1) is 26.5 Å². The molecular weight excluding hydrogens is 512 g/mol. The summed E-state index contributed by atoms with van der Waals surface area (Å²) < 4.78 is 29.2. The van der Waals surface area contributed by atoms with Gasteiger partial charge < -0.3 is 4.98 Å². The Bertz CT molecular complexity index is 1680. The number of nitrogens with one attached hydrogen (secondary N) is 1. The lowest BCUT2D eigenvalue weighted by Gasteiger charge is -2.30. The van der Waals surface area contributed by atoms with E-state index in [1.165, 1.54) is 29.4 Å². The Balaban J connectivity index is 1.95. The lowest BCUT2D eigenvalue weighted by Crippen LogP contribution is -2.54. The summed E-state index contributed by atoms with van der Waals surface area (Å²) in [6.45, 7) is 5.37. The predicted molar refractivity (Wildman–Crippen MR) is 139 cm³/mol. The van der Waals surface area contributed by atoms with E-state index in [1.807, 2.05) is 12.1 Å². The number of fused-ring (bicyclic) bond motifs is 1. The van der Waals surface area contributed by atoms with Crippen LogP contribution >= 0.6 is 24.2 Å². The van der Waals surface area contributed by atoms with Gasteiger partial charge in [-0.3, -0.25) is 9.10 Å². The van der Waals surface area contributed by atoms with E-state index in [0.717, 1.165) is 12.0 Å². The van der Waals surface area contributed by atoms with E-state index >= 15 is 0 Å². The van der Waals surface area contributed by atoms with Gasteiger partial charge in [-0.15, -0.1) is 12.6 Å². The van der Waals surface area contributed by atoms with Crippen LogP contribution < -0.4 is 26.1 Å². The maximum atomic E-state index is 13.6. The van der Waals surface area contributed by atoms with Crippen molar-refractivity contribution in [1.82, 2.24) is 9.55 Å². The molecule has 4 rings (SSSR count). The normalized spacial score (nSPS) is 15.3. The smallest absolute Gasteiger partial charge is 0.307 e. The molecule has 0 spiro atoms. The zero-order chi connectivity index (χ0) is 25.5. The Morgan fingerprint density at radius 3 is 2.63 bits per heavy atom. The summed E-state index contributed by atoms with van der Waals surface area (Å²) in [5.41, 5.74) is -0.387. The largest absolute Gasteiger partial charge is 0.333 e. The van der Waals surface area contributed by atoms with Crippen LogP contribution in [-0.4, -0.2) is 30.6 Å². The van der Waals surface area contributed by atoms with E-state index in [2.05, 4.69) is 29.4 Å². The minimum Gasteiger partial charge on any atom is -0.307 e. The zero-order valence-corrected chi connectivity index (χ0v) is 21.0. The molecule has 12 heteroatoms. The van der Waals surface area contributed by atoms with Crippen LogP contribution in [0.3, 0.4) is 0 Å². The predicted octanol–water partition coefficient (Wildman–Crippen LogP) is 1.92. The molecule has 3 aromatic rings. The fraction of sp³-hybridized carbons (Fsp3) is 0.217. The number of aryl methyl sites for hydroxylation is 1. The molecule has 0 saturated carbocycles. The second kappa shape index (κ2) is 9.48. The first-order valence-corrected chi connectivity index (χ1v) is 12.8. The van der Waals surface area contributed by atoms with Crippen LogP contribution in [0.15, 0.2) is 62.1 Å². The van der Waals surface area contributed by atoms with Crippen molar-refractivity contribution in [3.63, 3.8) is 0 Å². The van der Waals surface area contributed by atoms with Crippen molar-refractivity contribution < 1.29 is 8.42 Å². The number of halogens is 1. The average Bonchev–Trinajstić information content (AvgIpc) is 2.83. The standard InChI is InChI=1S/C23H21ClN4O5S2/c1-13-20(21(34)14(2)26-31)22(29)28(23(30)25-13)19-12-16(9-10-17(19)24)35(32,33)27-11-5-7-15-6-3-4-8-18(15)27/h3-4,6,8-10,12,14,34H,1,5,7,11H2,2H3,(H,25,30)/b21-20+. The van der Waals surface area contributed by atoms with Gasteiger partial charge in [0.1, 0.15) is 6.04 Å². The Labute approximate surface area is 210 Å². The van der Waals surface area contributed by atoms with Crippen LogP contribution in [0.1, 0.15) is 18.9 Å². The van der Waals surface area contributed by atoms with E-state index in [1.54, 1.807) is 12.1 Å². The van der Waals surface area contributed by atoms with Crippen molar-refractivity contribution >= 4 is 51.4 Å². The van der Waals surface area contributed by atoms with Crippen LogP contribution in [0.5, 0.6) is 0 Å². The molecule has 0 bridgehead atoms. The third-order valence-electron chi connectivity index (χ3n) is 5.80. The molecule has 1 atom stereocenters. The Morgan fingerprint density at radius 2 is 1.91 bits per heavy atom. The number of benzene rings is 2. The summed E-state index contributed by atoms with van der Waals surface area (Å²) in [4.78, 5) is 39.4. The molecule has 0 radical (unpaired) electrons. The van der Waals surface area contributed by atoms with Crippen LogP contribution in [0.2, 0.25) is 5.02 Å². The first-order chi connectivity index (χ1) is 16.6. The summed E-state index contributed by atoms with van der Waals surface area (Å²) in [5, 5.41) is 2.65. The first kappa shape index (κ1) is 25.0. The topological polar surface area (TPSA) is 122 Å². The molecule has 2 heterocycles. The molecule has 1 aliphatic rings. The molecule has 1 unspecified atom stereocenters. The molecule has 0 fully saturated rings. The molecular formula is C23H21ClN4O5S2. The number of rotatable bonds is 5. The van der Waals surface area contributed by atoms with E-state index in [0.29, 0.717) is 16.7 Å². The van der Waals surface area contributed by atoms with Crippen molar-refractivity contribution in [2.45, 2.75) is 30.7 Å². The summed E-state index contributed by atoms with van der Waals surface area (Å²) in [7, 11) is -4.04. The fourth-order valence-electron chi connectivity index (χ4n) is 4.02. The van der Waals surface area contributed by atoms with Gasteiger partial charge in [-0.1, -0.05) is 41.6 Å². The van der Waals surface area contributed by atoms with Crippen LogP contribution in [0.4, 0.5) is 5.69 Å². The highest BCUT2D eigenvalue weighted by Crippen LogP contribution is 2.33. The van der Waals surface area contributed by atoms with Crippen LogP contribution in [0.25, 0.3) is 17.2 Å². The molecule has 9 nitrogen and oxygen atoms in total. The molecule has 182 valence electrons. The van der Waals surface area contributed by atoms with Gasteiger partial charge >= 0.3 is 5.69 Å². The van der Waals surface area contributed by atoms with Gasteiger partial charge in [-0.2, -0.15) is 4.91 Å². The number of thiol groups is 1. The van der Waals surface area contributed by atoms with Crippen molar-refractivity contribution in [2.24, 2.45) is 5.18 Å². The molecule has 2 aromatic carbocycles. The highest BCUT2D eigenvalue weighted by atomic mass is 35.5. The molecule has 0 aliphatic carbocycles. The highest BCUT2D eigenvalue weighted by molar-refractivity contribution is 7.92. The summed E-state index contributed by atoms with van der Waals surface area (Å²) >= 11 is 10.6. The minimum absolute atomic E-state index is 0.00447. The van der Waals surface area contributed by atoms with Crippen molar-refractivity contribution in [3.05, 3.63) is 89.4 Å². The summed E-state index contributed by atoms with van der Waals surface area (Å²) in [5.74, 6) is 0. The first-order valence-electron chi connectivity index (χ1n) is 10.6. The molecule has 1 aromatic heterocycles. The van der Waals surface area contributed by atoms with Gasteiger partial charge in [0.25, 0.3) is 15.6 Å². The number of nitrogens with zero attached hydrogens (tertiary/aromatic N) is 3. The average molecular weight is 533 g/mol. The third kappa shape index (κ3) is 4.35. The van der Waals surface area contributed by atoms with Gasteiger partial charge in [0, 0.05) is 16.8 Å². The van der Waals surface area contributed by atoms with Crippen molar-refractivity contribution in [2.75, 3.05) is 10.8 Å². The summed E-state index contributed by atoms with van der Waals surface area (Å²) in [6.07, 6.45) is 1.41. The van der Waals surface area contributed by atoms with E-state index in [9.17, 15) is 22.9 Å². The number of aromatic nitrogens is 2. The van der Waals surface area contributed by atoms with E-state index in [4.69, 9.17) is 11.6 Å². The van der Waals surface area contributed by atoms with Crippen molar-refractivity contribution in [1.29, 1.82) is 0 Å². The number of aromatic amines is 1. The number of para-hydroxylation sites is 1. The number of hydrogen-bond acceptors (Lipinski definition) is 7. The fourth-order valence-corrected chi connectivity index (χ4v) is 6.06. The van der Waals surface area contributed by atoms with Crippen molar-refractivity contribution in [3.8, 4) is 5.69 Å². The minimum atomic E-state index is -4.04. The zero-order valence-electron chi connectivity index (χ0n) is 18.6. The number of H-pyrrole nitrogens is 1. The molecule has 1 aliphatic heterocycles. The van der Waals surface area contributed by atoms with E-state index < -0.39 is 27.3 Å². The molecule has 0 saturated heterocycles. The molecule has 1 N–H and O–H groups in total. The second-order valence-electron chi connectivity index (χ2n) is 8.01. The monoisotopic (exact) mass is 532 g/mol. The molecule has 35 heavy (non-hydrogen) atoms. The third-order valence-corrected chi connectivity index (χ3v) is 8.53. The lowest BCUT2D eigenvalue weighted by atomic mass is 10.0. The second-order valence-corrected chi connectivity index (χ2v) is 10.8. The maximum Gasteiger partial charge on any atom is 0.333 e.